The molecule has 1 unspecified atom stereocenters. The molecule has 1 aromatic carbocycles. The highest BCUT2D eigenvalue weighted by Gasteiger charge is 2.24. The van der Waals surface area contributed by atoms with E-state index < -0.39 is 12.0 Å². The number of nitrogens with one attached hydrogen (secondary N) is 1. The summed E-state index contributed by atoms with van der Waals surface area (Å²) in [7, 11) is 1.84. The molecular formula is C16H20ClN3O3. The Balaban J connectivity index is 2.16. The number of alkyl halides is 1. The molecule has 1 heterocycles. The van der Waals surface area contributed by atoms with Gasteiger partial charge in [-0.15, -0.1) is 0 Å². The topological polar surface area (TPSA) is 73.2 Å². The van der Waals surface area contributed by atoms with Crippen LogP contribution in [0.1, 0.15) is 30.6 Å². The highest BCUT2D eigenvalue weighted by molar-refractivity contribution is 6.17. The van der Waals surface area contributed by atoms with Crippen molar-refractivity contribution < 1.29 is 14.3 Å². The van der Waals surface area contributed by atoms with E-state index in [9.17, 15) is 9.59 Å². The van der Waals surface area contributed by atoms with Crippen molar-refractivity contribution in [2.75, 3.05) is 6.07 Å². The standard InChI is InChI=1S/C16H20ClN3O3/c1-10(2)6-13(16(22)23-9-17)19-15(21)11-4-5-14-12(7-11)8-18-20(14)3/h4-5,7-8,10,13H,6,9H2,1-3H3,(H,19,21). The number of esters is 1. The summed E-state index contributed by atoms with van der Waals surface area (Å²) < 4.78 is 6.55. The summed E-state index contributed by atoms with van der Waals surface area (Å²) in [5, 5.41) is 7.73. The van der Waals surface area contributed by atoms with Crippen molar-refractivity contribution in [3.05, 3.63) is 30.0 Å². The molecular weight excluding hydrogens is 318 g/mol. The minimum atomic E-state index is -0.717. The fourth-order valence-electron chi connectivity index (χ4n) is 2.39. The van der Waals surface area contributed by atoms with Crippen LogP contribution in [0.15, 0.2) is 24.4 Å². The highest BCUT2D eigenvalue weighted by Crippen LogP contribution is 2.15. The van der Waals surface area contributed by atoms with E-state index >= 15 is 0 Å². The van der Waals surface area contributed by atoms with Crippen LogP contribution in [0.3, 0.4) is 0 Å². The first-order chi connectivity index (χ1) is 10.9. The van der Waals surface area contributed by atoms with Gasteiger partial charge >= 0.3 is 5.97 Å². The van der Waals surface area contributed by atoms with Gasteiger partial charge in [-0.05, 0) is 30.5 Å². The van der Waals surface area contributed by atoms with Crippen LogP contribution in [0.4, 0.5) is 0 Å². The van der Waals surface area contributed by atoms with Gasteiger partial charge in [-0.1, -0.05) is 25.4 Å². The summed E-state index contributed by atoms with van der Waals surface area (Å²) in [5.41, 5.74) is 1.40. The lowest BCUT2D eigenvalue weighted by molar-refractivity contribution is -0.144. The zero-order chi connectivity index (χ0) is 17.0. The van der Waals surface area contributed by atoms with Crippen LogP contribution in [0.25, 0.3) is 10.9 Å². The molecule has 0 saturated carbocycles. The molecule has 0 aliphatic heterocycles. The van der Waals surface area contributed by atoms with Crippen LogP contribution in [0.2, 0.25) is 0 Å². The number of ether oxygens (including phenoxy) is 1. The van der Waals surface area contributed by atoms with Gasteiger partial charge < -0.3 is 10.1 Å². The molecule has 23 heavy (non-hydrogen) atoms. The molecule has 1 amide bonds. The zero-order valence-corrected chi connectivity index (χ0v) is 14.1. The normalized spacial score (nSPS) is 12.4. The number of benzene rings is 1. The van der Waals surface area contributed by atoms with Crippen LogP contribution in [0.5, 0.6) is 0 Å². The summed E-state index contributed by atoms with van der Waals surface area (Å²) >= 11 is 5.43. The summed E-state index contributed by atoms with van der Waals surface area (Å²) in [6.07, 6.45) is 2.18. The quantitative estimate of drug-likeness (QED) is 0.649. The molecule has 0 radical (unpaired) electrons. The van der Waals surface area contributed by atoms with Crippen LogP contribution >= 0.6 is 11.6 Å². The second-order valence-electron chi connectivity index (χ2n) is 5.77. The molecule has 1 N–H and O–H groups in total. The molecule has 124 valence electrons. The lowest BCUT2D eigenvalue weighted by Crippen LogP contribution is -2.42. The van der Waals surface area contributed by atoms with Crippen molar-refractivity contribution >= 4 is 34.4 Å². The Hall–Kier alpha value is -2.08. The fraction of sp³-hybridized carbons (Fsp3) is 0.438. The van der Waals surface area contributed by atoms with Gasteiger partial charge in [-0.2, -0.15) is 5.10 Å². The van der Waals surface area contributed by atoms with Gasteiger partial charge in [0.1, 0.15) is 6.04 Å². The van der Waals surface area contributed by atoms with Crippen molar-refractivity contribution in [3.8, 4) is 0 Å². The second kappa shape index (κ2) is 7.46. The number of rotatable bonds is 6. The fourth-order valence-corrected chi connectivity index (χ4v) is 2.49. The van der Waals surface area contributed by atoms with Gasteiger partial charge in [0.05, 0.1) is 11.7 Å². The minimum absolute atomic E-state index is 0.226. The monoisotopic (exact) mass is 337 g/mol. The van der Waals surface area contributed by atoms with Crippen molar-refractivity contribution in [2.45, 2.75) is 26.3 Å². The second-order valence-corrected chi connectivity index (χ2v) is 5.99. The Morgan fingerprint density at radius 1 is 1.39 bits per heavy atom. The minimum Gasteiger partial charge on any atom is -0.448 e. The Labute approximate surface area is 139 Å². The molecule has 0 saturated heterocycles. The number of amides is 1. The number of hydrogen-bond donors (Lipinski definition) is 1. The number of carbonyl (C=O) groups is 2. The lowest BCUT2D eigenvalue weighted by atomic mass is 10.0. The summed E-state index contributed by atoms with van der Waals surface area (Å²) in [5.74, 6) is -0.624. The van der Waals surface area contributed by atoms with Gasteiger partial charge in [0, 0.05) is 18.0 Å². The smallest absolute Gasteiger partial charge is 0.329 e. The van der Waals surface area contributed by atoms with Gasteiger partial charge in [0.15, 0.2) is 6.07 Å². The predicted molar refractivity (Wildman–Crippen MR) is 88.2 cm³/mol. The summed E-state index contributed by atoms with van der Waals surface area (Å²) in [6, 6.07) is 4.33. The highest BCUT2D eigenvalue weighted by atomic mass is 35.5. The maximum absolute atomic E-state index is 12.4. The Morgan fingerprint density at radius 2 is 2.13 bits per heavy atom. The number of halogens is 1. The van der Waals surface area contributed by atoms with E-state index in [-0.39, 0.29) is 17.9 Å². The largest absolute Gasteiger partial charge is 0.448 e. The first-order valence-electron chi connectivity index (χ1n) is 7.37. The molecule has 0 bridgehead atoms. The molecule has 1 aromatic heterocycles. The molecule has 0 aliphatic carbocycles. The number of aromatic nitrogens is 2. The van der Waals surface area contributed by atoms with Crippen LogP contribution < -0.4 is 5.32 Å². The van der Waals surface area contributed by atoms with Crippen molar-refractivity contribution in [3.63, 3.8) is 0 Å². The number of carbonyl (C=O) groups excluding carboxylic acids is 2. The van der Waals surface area contributed by atoms with E-state index in [2.05, 4.69) is 10.4 Å². The van der Waals surface area contributed by atoms with E-state index in [0.29, 0.717) is 12.0 Å². The molecule has 0 aliphatic rings. The van der Waals surface area contributed by atoms with Crippen molar-refractivity contribution in [2.24, 2.45) is 13.0 Å². The Morgan fingerprint density at radius 3 is 2.78 bits per heavy atom. The third-order valence-electron chi connectivity index (χ3n) is 3.50. The Bertz CT molecular complexity index is 712. The maximum atomic E-state index is 12.4. The van der Waals surface area contributed by atoms with Gasteiger partial charge in [0.25, 0.3) is 5.91 Å². The van der Waals surface area contributed by atoms with Gasteiger partial charge in [-0.3, -0.25) is 9.48 Å². The SMILES string of the molecule is CC(C)CC(NC(=O)c1ccc2c(cnn2C)c1)C(=O)OCCl. The van der Waals surface area contributed by atoms with E-state index in [1.807, 2.05) is 27.0 Å². The third kappa shape index (κ3) is 4.22. The third-order valence-corrected chi connectivity index (χ3v) is 3.61. The molecule has 1 atom stereocenters. The summed E-state index contributed by atoms with van der Waals surface area (Å²) in [4.78, 5) is 24.3. The van der Waals surface area contributed by atoms with E-state index in [4.69, 9.17) is 16.3 Å². The first kappa shape index (κ1) is 17.3. The van der Waals surface area contributed by atoms with Crippen LogP contribution in [-0.2, 0) is 16.6 Å². The van der Waals surface area contributed by atoms with E-state index in [1.54, 1.807) is 23.0 Å². The average molecular weight is 338 g/mol. The van der Waals surface area contributed by atoms with E-state index in [1.165, 1.54) is 0 Å². The van der Waals surface area contributed by atoms with E-state index in [0.717, 1.165) is 10.9 Å². The van der Waals surface area contributed by atoms with Gasteiger partial charge in [-0.25, -0.2) is 4.79 Å². The molecule has 7 heteroatoms. The maximum Gasteiger partial charge on any atom is 0.329 e. The lowest BCUT2D eigenvalue weighted by Gasteiger charge is -2.18. The van der Waals surface area contributed by atoms with Crippen LogP contribution in [0, 0.1) is 5.92 Å². The number of hydrogen-bond acceptors (Lipinski definition) is 4. The molecule has 2 rings (SSSR count). The molecule has 0 spiro atoms. The van der Waals surface area contributed by atoms with Crippen molar-refractivity contribution in [1.29, 1.82) is 0 Å². The predicted octanol–water partition coefficient (Wildman–Crippen LogP) is 2.46. The zero-order valence-electron chi connectivity index (χ0n) is 13.4. The van der Waals surface area contributed by atoms with Crippen LogP contribution in [-0.4, -0.2) is 33.8 Å². The Kier molecular flexibility index (Phi) is 5.60. The van der Waals surface area contributed by atoms with Gasteiger partial charge in [0.2, 0.25) is 0 Å². The molecule has 2 aromatic rings. The van der Waals surface area contributed by atoms with Crippen molar-refractivity contribution in [1.82, 2.24) is 15.1 Å². The number of aryl methyl sites for hydroxylation is 1. The summed E-state index contributed by atoms with van der Waals surface area (Å²) in [6.45, 7) is 3.93. The molecule has 6 nitrogen and oxygen atoms in total. The number of nitrogens with zero attached hydrogens (tertiary/aromatic N) is 2. The first-order valence-corrected chi connectivity index (χ1v) is 7.91. The number of fused-ring (bicyclic) bond motifs is 1. The average Bonchev–Trinajstić information content (AvgIpc) is 2.87. The molecule has 0 fully saturated rings.